The van der Waals surface area contributed by atoms with Crippen LogP contribution >= 0.6 is 11.6 Å². The van der Waals surface area contributed by atoms with Crippen LogP contribution in [0.15, 0.2) is 65.1 Å². The Morgan fingerprint density at radius 2 is 1.82 bits per heavy atom. The Morgan fingerprint density at radius 3 is 2.46 bits per heavy atom. The van der Waals surface area contributed by atoms with Crippen LogP contribution in [0.25, 0.3) is 5.57 Å². The fraction of sp³-hybridized carbons (Fsp3) is 0.379. The molecule has 10 heteroatoms. The van der Waals surface area contributed by atoms with Crippen molar-refractivity contribution in [2.45, 2.75) is 38.0 Å². The number of nitrogens with one attached hydrogen (secondary N) is 1. The van der Waals surface area contributed by atoms with Crippen molar-refractivity contribution in [3.8, 4) is 5.75 Å². The maximum Gasteiger partial charge on any atom is 0.241 e. The molecule has 0 fully saturated rings. The highest BCUT2D eigenvalue weighted by Gasteiger charge is 2.45. The van der Waals surface area contributed by atoms with Crippen LogP contribution in [-0.4, -0.2) is 62.6 Å². The fourth-order valence-electron chi connectivity index (χ4n) is 4.68. The van der Waals surface area contributed by atoms with Gasteiger partial charge in [-0.05, 0) is 41.3 Å². The molecule has 39 heavy (non-hydrogen) atoms. The van der Waals surface area contributed by atoms with Gasteiger partial charge in [-0.1, -0.05) is 67.1 Å². The monoisotopic (exact) mass is 555 g/mol. The predicted octanol–water partition coefficient (Wildman–Crippen LogP) is 2.94. The van der Waals surface area contributed by atoms with Crippen LogP contribution in [0.2, 0.25) is 5.02 Å². The fourth-order valence-corrected chi connectivity index (χ4v) is 4.94. The number of ether oxygens (including phenoxy) is 1. The van der Waals surface area contributed by atoms with Crippen LogP contribution in [0, 0.1) is 12.8 Å². The number of aliphatic hydroxyl groups excluding tert-OH is 4. The lowest BCUT2D eigenvalue weighted by atomic mass is 9.68. The van der Waals surface area contributed by atoms with Crippen molar-refractivity contribution < 1.29 is 29.6 Å². The molecule has 5 N–H and O–H groups in total. The standard InChI is InChI=1S/C29H34ClN3O6/c1-19-6-3-4-7-22(19)23-8-5-11-29(20(23)2,27-33-32-26(14-34)39-27)18-38-25-10-9-21(12-24(25)30)13-31-28(15-35,16-36)17-37/h3-12,20,31,34-37H,13-18H2,1-2H3. The number of halogens is 1. The number of allylic oxidation sites excluding steroid dienone is 3. The second-order valence-electron chi connectivity index (χ2n) is 9.88. The smallest absolute Gasteiger partial charge is 0.241 e. The van der Waals surface area contributed by atoms with E-state index in [9.17, 15) is 20.4 Å². The largest absolute Gasteiger partial charge is 0.491 e. The van der Waals surface area contributed by atoms with Crippen molar-refractivity contribution in [2.75, 3.05) is 26.4 Å². The molecule has 0 spiro atoms. The van der Waals surface area contributed by atoms with Crippen molar-refractivity contribution in [1.29, 1.82) is 0 Å². The van der Waals surface area contributed by atoms with Crippen LogP contribution in [0.1, 0.15) is 35.4 Å². The highest BCUT2D eigenvalue weighted by Crippen LogP contribution is 2.45. The van der Waals surface area contributed by atoms with Gasteiger partial charge < -0.3 is 34.9 Å². The maximum atomic E-state index is 9.56. The Hall–Kier alpha value is -3.05. The summed E-state index contributed by atoms with van der Waals surface area (Å²) < 4.78 is 12.1. The number of benzene rings is 2. The Labute approximate surface area is 232 Å². The number of aryl methyl sites for hydroxylation is 1. The first-order valence-electron chi connectivity index (χ1n) is 12.7. The second-order valence-corrected chi connectivity index (χ2v) is 10.3. The molecule has 1 aliphatic rings. The zero-order valence-corrected chi connectivity index (χ0v) is 22.7. The van der Waals surface area contributed by atoms with Gasteiger partial charge in [0, 0.05) is 12.5 Å². The van der Waals surface area contributed by atoms with Gasteiger partial charge in [-0.25, -0.2) is 0 Å². The molecule has 1 heterocycles. The number of aromatic nitrogens is 2. The van der Waals surface area contributed by atoms with Crippen LogP contribution in [0.3, 0.4) is 0 Å². The molecule has 0 aliphatic heterocycles. The third-order valence-electron chi connectivity index (χ3n) is 7.40. The lowest BCUT2D eigenvalue weighted by Gasteiger charge is -2.37. The average molecular weight is 556 g/mol. The minimum Gasteiger partial charge on any atom is -0.491 e. The number of nitrogens with zero attached hydrogens (tertiary/aromatic N) is 2. The van der Waals surface area contributed by atoms with Crippen molar-refractivity contribution >= 4 is 17.2 Å². The summed E-state index contributed by atoms with van der Waals surface area (Å²) in [4.78, 5) is 0. The molecule has 4 rings (SSSR count). The molecule has 0 bridgehead atoms. The van der Waals surface area contributed by atoms with Gasteiger partial charge in [0.25, 0.3) is 0 Å². The first-order chi connectivity index (χ1) is 18.8. The molecule has 1 aromatic heterocycles. The Bertz CT molecular complexity index is 1330. The van der Waals surface area contributed by atoms with E-state index in [-0.39, 0.29) is 31.6 Å². The van der Waals surface area contributed by atoms with Gasteiger partial charge in [0.15, 0.2) is 0 Å². The molecule has 0 radical (unpaired) electrons. The van der Waals surface area contributed by atoms with Gasteiger partial charge >= 0.3 is 0 Å². The van der Waals surface area contributed by atoms with Gasteiger partial charge in [-0.3, -0.25) is 0 Å². The predicted molar refractivity (Wildman–Crippen MR) is 147 cm³/mol. The highest BCUT2D eigenvalue weighted by molar-refractivity contribution is 6.32. The molecule has 9 nitrogen and oxygen atoms in total. The number of aliphatic hydroxyl groups is 4. The molecular formula is C29H34ClN3O6. The third kappa shape index (κ3) is 5.94. The van der Waals surface area contributed by atoms with Crippen LogP contribution < -0.4 is 10.1 Å². The summed E-state index contributed by atoms with van der Waals surface area (Å²) in [5.41, 5.74) is 2.09. The minimum absolute atomic E-state index is 0.122. The summed E-state index contributed by atoms with van der Waals surface area (Å²) in [6.45, 7) is 2.93. The molecule has 2 atom stereocenters. The van der Waals surface area contributed by atoms with E-state index in [1.54, 1.807) is 12.1 Å². The Kier molecular flexibility index (Phi) is 9.22. The summed E-state index contributed by atoms with van der Waals surface area (Å²) in [5, 5.41) is 49.8. The lowest BCUT2D eigenvalue weighted by molar-refractivity contribution is 0.0414. The van der Waals surface area contributed by atoms with E-state index in [4.69, 9.17) is 20.8 Å². The zero-order chi connectivity index (χ0) is 28.0. The summed E-state index contributed by atoms with van der Waals surface area (Å²) in [6.07, 6.45) is 6.02. The molecule has 0 amide bonds. The van der Waals surface area contributed by atoms with E-state index >= 15 is 0 Å². The van der Waals surface area contributed by atoms with Gasteiger partial charge in [-0.2, -0.15) is 0 Å². The van der Waals surface area contributed by atoms with E-state index in [1.165, 1.54) is 0 Å². The van der Waals surface area contributed by atoms with Gasteiger partial charge in [0.05, 0.1) is 30.4 Å². The van der Waals surface area contributed by atoms with Crippen molar-refractivity contribution in [2.24, 2.45) is 5.92 Å². The van der Waals surface area contributed by atoms with E-state index < -0.39 is 30.8 Å². The SMILES string of the molecule is Cc1ccccc1C1=CC=CC(COc2ccc(CNC(CO)(CO)CO)cc2Cl)(c2nnc(CO)o2)C1C. The summed E-state index contributed by atoms with van der Waals surface area (Å²) in [6, 6.07) is 13.4. The number of hydrogen-bond acceptors (Lipinski definition) is 9. The first-order valence-corrected chi connectivity index (χ1v) is 13.1. The number of rotatable bonds is 12. The molecule has 2 unspecified atom stereocenters. The molecular weight excluding hydrogens is 522 g/mol. The van der Waals surface area contributed by atoms with E-state index in [0.29, 0.717) is 16.7 Å². The summed E-state index contributed by atoms with van der Waals surface area (Å²) >= 11 is 6.58. The van der Waals surface area contributed by atoms with E-state index in [1.807, 2.05) is 30.4 Å². The average Bonchev–Trinajstić information content (AvgIpc) is 3.45. The number of hydrogen-bond donors (Lipinski definition) is 5. The molecule has 208 valence electrons. The highest BCUT2D eigenvalue weighted by atomic mass is 35.5. The van der Waals surface area contributed by atoms with Gasteiger partial charge in [0.2, 0.25) is 11.8 Å². The maximum absolute atomic E-state index is 9.56. The van der Waals surface area contributed by atoms with Crippen molar-refractivity contribution in [3.05, 3.63) is 94.2 Å². The Morgan fingerprint density at radius 1 is 1.08 bits per heavy atom. The van der Waals surface area contributed by atoms with Crippen LogP contribution in [0.5, 0.6) is 5.75 Å². The Balaban J connectivity index is 1.60. The third-order valence-corrected chi connectivity index (χ3v) is 7.70. The van der Waals surface area contributed by atoms with Crippen molar-refractivity contribution in [1.82, 2.24) is 15.5 Å². The summed E-state index contributed by atoms with van der Waals surface area (Å²) in [7, 11) is 0. The molecule has 0 saturated carbocycles. The molecule has 0 saturated heterocycles. The normalized spacial score (nSPS) is 19.3. The van der Waals surface area contributed by atoms with E-state index in [2.05, 4.69) is 47.6 Å². The lowest BCUT2D eigenvalue weighted by Crippen LogP contribution is -2.54. The molecule has 2 aromatic carbocycles. The van der Waals surface area contributed by atoms with Crippen LogP contribution in [-0.2, 0) is 18.6 Å². The zero-order valence-electron chi connectivity index (χ0n) is 22.0. The first kappa shape index (κ1) is 28.9. The summed E-state index contributed by atoms with van der Waals surface area (Å²) in [5.74, 6) is 0.782. The van der Waals surface area contributed by atoms with Crippen LogP contribution in [0.4, 0.5) is 0 Å². The van der Waals surface area contributed by atoms with Gasteiger partial charge in [0.1, 0.15) is 24.4 Å². The topological polar surface area (TPSA) is 141 Å². The van der Waals surface area contributed by atoms with Gasteiger partial charge in [-0.15, -0.1) is 10.2 Å². The second kappa shape index (κ2) is 12.4. The molecule has 3 aromatic rings. The molecule has 1 aliphatic carbocycles. The minimum atomic E-state index is -1.20. The quantitative estimate of drug-likeness (QED) is 0.228. The van der Waals surface area contributed by atoms with Crippen molar-refractivity contribution in [3.63, 3.8) is 0 Å². The van der Waals surface area contributed by atoms with E-state index in [0.717, 1.165) is 22.3 Å².